The molecule has 0 N–H and O–H groups in total. The Kier molecular flexibility index (Phi) is 4.13. The summed E-state index contributed by atoms with van der Waals surface area (Å²) in [6, 6.07) is 0. The van der Waals surface area contributed by atoms with Gasteiger partial charge < -0.3 is 4.90 Å². The lowest BCUT2D eigenvalue weighted by Gasteiger charge is -2.31. The Balaban J connectivity index is 2.46. The zero-order valence-corrected chi connectivity index (χ0v) is 10.2. The molecule has 0 bridgehead atoms. The first kappa shape index (κ1) is 12.5. The number of likely N-dealkylation sites (tertiary alicyclic amines) is 1. The number of carbonyl (C=O) groups is 1. The lowest BCUT2D eigenvalue weighted by atomic mass is 10.1. The highest BCUT2D eigenvalue weighted by Gasteiger charge is 2.28. The lowest BCUT2D eigenvalue weighted by Crippen LogP contribution is -2.42. The van der Waals surface area contributed by atoms with Crippen LogP contribution in [0.5, 0.6) is 0 Å². The fourth-order valence-electron chi connectivity index (χ4n) is 1.91. The Morgan fingerprint density at radius 2 is 1.87 bits per heavy atom. The monoisotopic (exact) mass is 233 g/mol. The molecule has 0 atom stereocenters. The summed E-state index contributed by atoms with van der Waals surface area (Å²) < 4.78 is 22.6. The van der Waals surface area contributed by atoms with Crippen molar-refractivity contribution in [1.82, 2.24) is 4.90 Å². The molecule has 0 aromatic heterocycles. The molecule has 15 heavy (non-hydrogen) atoms. The number of amides is 1. The molecule has 4 nitrogen and oxygen atoms in total. The van der Waals surface area contributed by atoms with Gasteiger partial charge in [0, 0.05) is 25.8 Å². The molecule has 1 aliphatic heterocycles. The van der Waals surface area contributed by atoms with Crippen molar-refractivity contribution in [2.24, 2.45) is 0 Å². The van der Waals surface area contributed by atoms with E-state index in [1.165, 1.54) is 6.26 Å². The van der Waals surface area contributed by atoms with Gasteiger partial charge in [-0.1, -0.05) is 6.92 Å². The molecule has 1 heterocycles. The van der Waals surface area contributed by atoms with Crippen molar-refractivity contribution in [2.45, 2.75) is 37.9 Å². The quantitative estimate of drug-likeness (QED) is 0.725. The first-order valence-corrected chi connectivity index (χ1v) is 7.37. The molecule has 0 aromatic rings. The second-order valence-corrected chi connectivity index (χ2v) is 6.49. The minimum atomic E-state index is -2.93. The van der Waals surface area contributed by atoms with Gasteiger partial charge in [-0.3, -0.25) is 4.79 Å². The van der Waals surface area contributed by atoms with Crippen LogP contribution in [0, 0.1) is 0 Å². The largest absolute Gasteiger partial charge is 0.343 e. The molecule has 0 unspecified atom stereocenters. The summed E-state index contributed by atoms with van der Waals surface area (Å²) in [7, 11) is -2.93. The zero-order chi connectivity index (χ0) is 11.5. The van der Waals surface area contributed by atoms with E-state index in [0.717, 1.165) is 6.42 Å². The van der Waals surface area contributed by atoms with Gasteiger partial charge in [0.1, 0.15) is 9.84 Å². The maximum absolute atomic E-state index is 11.5. The predicted molar refractivity (Wildman–Crippen MR) is 59.4 cm³/mol. The topological polar surface area (TPSA) is 54.5 Å². The minimum absolute atomic E-state index is 0.157. The summed E-state index contributed by atoms with van der Waals surface area (Å²) in [5.74, 6) is 0.157. The van der Waals surface area contributed by atoms with Crippen LogP contribution in [0.25, 0.3) is 0 Å². The third-order valence-electron chi connectivity index (χ3n) is 2.86. The van der Waals surface area contributed by atoms with Crippen molar-refractivity contribution >= 4 is 15.7 Å². The van der Waals surface area contributed by atoms with Gasteiger partial charge >= 0.3 is 0 Å². The van der Waals surface area contributed by atoms with E-state index in [2.05, 4.69) is 0 Å². The number of rotatable bonds is 3. The van der Waals surface area contributed by atoms with Crippen LogP contribution in [0.3, 0.4) is 0 Å². The molecule has 88 valence electrons. The Labute approximate surface area is 91.6 Å². The Morgan fingerprint density at radius 3 is 2.27 bits per heavy atom. The smallest absolute Gasteiger partial charge is 0.222 e. The summed E-state index contributed by atoms with van der Waals surface area (Å²) in [6.07, 6.45) is 3.89. The maximum atomic E-state index is 11.5. The van der Waals surface area contributed by atoms with Gasteiger partial charge in [-0.05, 0) is 19.3 Å². The molecule has 0 spiro atoms. The van der Waals surface area contributed by atoms with Crippen LogP contribution in [0.4, 0.5) is 0 Å². The molecule has 5 heteroatoms. The van der Waals surface area contributed by atoms with Crippen LogP contribution in [0.2, 0.25) is 0 Å². The van der Waals surface area contributed by atoms with Crippen LogP contribution in [-0.2, 0) is 14.6 Å². The number of hydrogen-bond donors (Lipinski definition) is 0. The predicted octanol–water partition coefficient (Wildman–Crippen LogP) is 0.822. The molecule has 0 radical (unpaired) electrons. The van der Waals surface area contributed by atoms with Crippen molar-refractivity contribution < 1.29 is 13.2 Å². The molecule has 1 fully saturated rings. The first-order valence-electron chi connectivity index (χ1n) is 5.41. The highest BCUT2D eigenvalue weighted by Crippen LogP contribution is 2.17. The van der Waals surface area contributed by atoms with Gasteiger partial charge in [-0.25, -0.2) is 8.42 Å². The van der Waals surface area contributed by atoms with Crippen molar-refractivity contribution in [1.29, 1.82) is 0 Å². The lowest BCUT2D eigenvalue weighted by molar-refractivity contribution is -0.132. The molecule has 0 saturated carbocycles. The Morgan fingerprint density at radius 1 is 1.33 bits per heavy atom. The van der Waals surface area contributed by atoms with E-state index in [4.69, 9.17) is 0 Å². The van der Waals surface area contributed by atoms with Crippen molar-refractivity contribution in [3.05, 3.63) is 0 Å². The SMILES string of the molecule is CCCC(=O)N1CCC(S(C)(=O)=O)CC1. The first-order chi connectivity index (χ1) is 6.95. The molecule has 1 amide bonds. The van der Waals surface area contributed by atoms with Crippen LogP contribution in [0.1, 0.15) is 32.6 Å². The van der Waals surface area contributed by atoms with Gasteiger partial charge in [0.25, 0.3) is 0 Å². The standard InChI is InChI=1S/C10H19NO3S/c1-3-4-10(12)11-7-5-9(6-8-11)15(2,13)14/h9H,3-8H2,1-2H3. The highest BCUT2D eigenvalue weighted by molar-refractivity contribution is 7.91. The van der Waals surface area contributed by atoms with E-state index in [0.29, 0.717) is 32.4 Å². The van der Waals surface area contributed by atoms with E-state index in [-0.39, 0.29) is 11.2 Å². The number of carbonyl (C=O) groups excluding carboxylic acids is 1. The van der Waals surface area contributed by atoms with Crippen LogP contribution < -0.4 is 0 Å². The molecular weight excluding hydrogens is 214 g/mol. The number of sulfone groups is 1. The fourth-order valence-corrected chi connectivity index (χ4v) is 2.97. The molecule has 0 aliphatic carbocycles. The summed E-state index contributed by atoms with van der Waals surface area (Å²) in [6.45, 7) is 3.16. The molecule has 1 rings (SSSR count). The van der Waals surface area contributed by atoms with Gasteiger partial charge in [-0.2, -0.15) is 0 Å². The molecule has 1 saturated heterocycles. The van der Waals surface area contributed by atoms with Crippen LogP contribution >= 0.6 is 0 Å². The van der Waals surface area contributed by atoms with Gasteiger partial charge in [0.05, 0.1) is 5.25 Å². The van der Waals surface area contributed by atoms with Gasteiger partial charge in [-0.15, -0.1) is 0 Å². The Hall–Kier alpha value is -0.580. The summed E-state index contributed by atoms with van der Waals surface area (Å²) in [5.41, 5.74) is 0. The highest BCUT2D eigenvalue weighted by atomic mass is 32.2. The van der Waals surface area contributed by atoms with Crippen LogP contribution in [-0.4, -0.2) is 43.8 Å². The fraction of sp³-hybridized carbons (Fsp3) is 0.900. The van der Waals surface area contributed by atoms with Crippen molar-refractivity contribution in [2.75, 3.05) is 19.3 Å². The summed E-state index contributed by atoms with van der Waals surface area (Å²) >= 11 is 0. The minimum Gasteiger partial charge on any atom is -0.343 e. The van der Waals surface area contributed by atoms with Crippen molar-refractivity contribution in [3.63, 3.8) is 0 Å². The van der Waals surface area contributed by atoms with Gasteiger partial charge in [0.2, 0.25) is 5.91 Å². The average molecular weight is 233 g/mol. The van der Waals surface area contributed by atoms with E-state index in [1.807, 2.05) is 6.92 Å². The molecular formula is C10H19NO3S. The summed E-state index contributed by atoms with van der Waals surface area (Å²) in [5, 5.41) is -0.247. The maximum Gasteiger partial charge on any atom is 0.222 e. The Bertz CT molecular complexity index is 316. The van der Waals surface area contributed by atoms with Crippen LogP contribution in [0.15, 0.2) is 0 Å². The molecule has 0 aromatic carbocycles. The van der Waals surface area contributed by atoms with Crippen molar-refractivity contribution in [3.8, 4) is 0 Å². The number of hydrogen-bond acceptors (Lipinski definition) is 3. The van der Waals surface area contributed by atoms with E-state index in [9.17, 15) is 13.2 Å². The third kappa shape index (κ3) is 3.48. The second-order valence-electron chi connectivity index (χ2n) is 4.16. The van der Waals surface area contributed by atoms with Gasteiger partial charge in [0.15, 0.2) is 0 Å². The van der Waals surface area contributed by atoms with E-state index < -0.39 is 9.84 Å². The normalized spacial score (nSPS) is 19.2. The average Bonchev–Trinajstić information content (AvgIpc) is 2.17. The zero-order valence-electron chi connectivity index (χ0n) is 9.40. The number of nitrogens with zero attached hydrogens (tertiary/aromatic N) is 1. The summed E-state index contributed by atoms with van der Waals surface area (Å²) in [4.78, 5) is 13.3. The van der Waals surface area contributed by atoms with E-state index in [1.54, 1.807) is 4.90 Å². The number of piperidine rings is 1. The second kappa shape index (κ2) is 4.96. The molecule has 1 aliphatic rings. The third-order valence-corrected chi connectivity index (χ3v) is 4.55. The van der Waals surface area contributed by atoms with E-state index >= 15 is 0 Å².